The normalized spacial score (nSPS) is 10.6. The Kier molecular flexibility index (Phi) is 4.32. The van der Waals surface area contributed by atoms with Crippen molar-refractivity contribution in [3.05, 3.63) is 80.5 Å². The van der Waals surface area contributed by atoms with Crippen molar-refractivity contribution in [1.29, 1.82) is 0 Å². The van der Waals surface area contributed by atoms with E-state index >= 15 is 0 Å². The standard InChI is InChI=1S/C17H13ClN2OS/c1-11-5-15(7-12-3-2-4-14(18)6-12)22-17(11)16(21)13-8-19-10-20-9-13/h2-6,8-10H,7H2,1H3. The quantitative estimate of drug-likeness (QED) is 0.670. The number of benzene rings is 1. The fourth-order valence-electron chi connectivity index (χ4n) is 2.26. The summed E-state index contributed by atoms with van der Waals surface area (Å²) >= 11 is 7.53. The summed E-state index contributed by atoms with van der Waals surface area (Å²) in [5, 5.41) is 0.725. The van der Waals surface area contributed by atoms with Crippen LogP contribution < -0.4 is 0 Å². The van der Waals surface area contributed by atoms with Crippen molar-refractivity contribution >= 4 is 28.7 Å². The first-order chi connectivity index (χ1) is 10.6. The van der Waals surface area contributed by atoms with E-state index in [1.54, 1.807) is 12.4 Å². The number of thiophene rings is 1. The zero-order valence-electron chi connectivity index (χ0n) is 11.9. The molecule has 0 spiro atoms. The highest BCUT2D eigenvalue weighted by atomic mass is 35.5. The topological polar surface area (TPSA) is 42.9 Å². The van der Waals surface area contributed by atoms with Gasteiger partial charge in [-0.05, 0) is 36.2 Å². The molecule has 3 nitrogen and oxygen atoms in total. The molecule has 0 radical (unpaired) electrons. The van der Waals surface area contributed by atoms with Crippen LogP contribution in [-0.4, -0.2) is 15.8 Å². The van der Waals surface area contributed by atoms with E-state index < -0.39 is 0 Å². The lowest BCUT2D eigenvalue weighted by Gasteiger charge is -1.99. The summed E-state index contributed by atoms with van der Waals surface area (Å²) in [6.45, 7) is 1.95. The van der Waals surface area contributed by atoms with Gasteiger partial charge >= 0.3 is 0 Å². The lowest BCUT2D eigenvalue weighted by Crippen LogP contribution is -2.01. The van der Waals surface area contributed by atoms with Crippen LogP contribution in [0.4, 0.5) is 0 Å². The van der Waals surface area contributed by atoms with Crippen molar-refractivity contribution in [2.45, 2.75) is 13.3 Å². The molecule has 0 unspecified atom stereocenters. The zero-order valence-corrected chi connectivity index (χ0v) is 13.5. The summed E-state index contributed by atoms with van der Waals surface area (Å²) in [6, 6.07) is 9.83. The number of carbonyl (C=O) groups is 1. The summed E-state index contributed by atoms with van der Waals surface area (Å²) in [4.78, 5) is 22.2. The summed E-state index contributed by atoms with van der Waals surface area (Å²) in [5.74, 6) is -0.0274. The second-order valence-corrected chi connectivity index (χ2v) is 6.56. The predicted molar refractivity (Wildman–Crippen MR) is 88.8 cm³/mol. The molecule has 110 valence electrons. The van der Waals surface area contributed by atoms with E-state index in [0.29, 0.717) is 5.56 Å². The Labute approximate surface area is 137 Å². The zero-order chi connectivity index (χ0) is 15.5. The highest BCUT2D eigenvalue weighted by Gasteiger charge is 2.16. The Morgan fingerprint density at radius 3 is 2.73 bits per heavy atom. The van der Waals surface area contributed by atoms with Crippen molar-refractivity contribution in [1.82, 2.24) is 9.97 Å². The highest BCUT2D eigenvalue weighted by molar-refractivity contribution is 7.14. The van der Waals surface area contributed by atoms with Crippen LogP contribution >= 0.6 is 22.9 Å². The maximum absolute atomic E-state index is 12.5. The fraction of sp³-hybridized carbons (Fsp3) is 0.118. The van der Waals surface area contributed by atoms with E-state index in [9.17, 15) is 4.79 Å². The second-order valence-electron chi connectivity index (χ2n) is 4.99. The second kappa shape index (κ2) is 6.38. The number of hydrogen-bond donors (Lipinski definition) is 0. The largest absolute Gasteiger partial charge is 0.288 e. The summed E-state index contributed by atoms with van der Waals surface area (Å²) in [7, 11) is 0. The van der Waals surface area contributed by atoms with Crippen LogP contribution in [-0.2, 0) is 6.42 Å². The van der Waals surface area contributed by atoms with Gasteiger partial charge in [0.25, 0.3) is 0 Å². The minimum atomic E-state index is -0.0274. The van der Waals surface area contributed by atoms with Gasteiger partial charge in [-0.25, -0.2) is 9.97 Å². The van der Waals surface area contributed by atoms with Gasteiger partial charge in [-0.3, -0.25) is 4.79 Å². The summed E-state index contributed by atoms with van der Waals surface area (Å²) in [5.41, 5.74) is 2.63. The van der Waals surface area contributed by atoms with Crippen LogP contribution in [0, 0.1) is 6.92 Å². The molecule has 3 aromatic rings. The van der Waals surface area contributed by atoms with Gasteiger partial charge in [0.15, 0.2) is 0 Å². The average molecular weight is 329 g/mol. The molecule has 2 aromatic heterocycles. The molecule has 2 heterocycles. The van der Waals surface area contributed by atoms with Gasteiger partial charge in [0.2, 0.25) is 5.78 Å². The molecule has 5 heteroatoms. The molecule has 0 amide bonds. The van der Waals surface area contributed by atoms with Gasteiger partial charge in [0.05, 0.1) is 10.4 Å². The molecule has 0 bridgehead atoms. The molecule has 0 fully saturated rings. The molecule has 0 N–H and O–H groups in total. The van der Waals surface area contributed by atoms with Crippen LogP contribution in [0.25, 0.3) is 0 Å². The molecule has 22 heavy (non-hydrogen) atoms. The van der Waals surface area contributed by atoms with E-state index in [-0.39, 0.29) is 5.78 Å². The number of ketones is 1. The summed E-state index contributed by atoms with van der Waals surface area (Å²) in [6.07, 6.45) is 5.28. The molecule has 0 aliphatic rings. The van der Waals surface area contributed by atoms with E-state index in [4.69, 9.17) is 11.6 Å². The van der Waals surface area contributed by atoms with Gasteiger partial charge in [0, 0.05) is 28.7 Å². The van der Waals surface area contributed by atoms with Gasteiger partial charge in [-0.15, -0.1) is 11.3 Å². The van der Waals surface area contributed by atoms with Gasteiger partial charge in [0.1, 0.15) is 6.33 Å². The van der Waals surface area contributed by atoms with E-state index in [2.05, 4.69) is 16.0 Å². The maximum Gasteiger partial charge on any atom is 0.206 e. The van der Waals surface area contributed by atoms with Crippen LogP contribution in [0.15, 0.2) is 49.1 Å². The minimum Gasteiger partial charge on any atom is -0.288 e. The highest BCUT2D eigenvalue weighted by Crippen LogP contribution is 2.27. The Morgan fingerprint density at radius 2 is 2.00 bits per heavy atom. The third-order valence-corrected chi connectivity index (χ3v) is 4.74. The molecule has 0 aliphatic heterocycles. The van der Waals surface area contributed by atoms with Crippen molar-refractivity contribution in [3.8, 4) is 0 Å². The Bertz CT molecular complexity index is 815. The van der Waals surface area contributed by atoms with Crippen LogP contribution in [0.5, 0.6) is 0 Å². The van der Waals surface area contributed by atoms with Crippen LogP contribution in [0.2, 0.25) is 5.02 Å². The number of nitrogens with zero attached hydrogens (tertiary/aromatic N) is 2. The first-order valence-electron chi connectivity index (χ1n) is 6.77. The number of halogens is 1. The summed E-state index contributed by atoms with van der Waals surface area (Å²) < 4.78 is 0. The monoisotopic (exact) mass is 328 g/mol. The maximum atomic E-state index is 12.5. The fourth-order valence-corrected chi connectivity index (χ4v) is 3.64. The van der Waals surface area contributed by atoms with E-state index in [1.807, 2.05) is 31.2 Å². The SMILES string of the molecule is Cc1cc(Cc2cccc(Cl)c2)sc1C(=O)c1cncnc1. The Morgan fingerprint density at radius 1 is 1.23 bits per heavy atom. The first kappa shape index (κ1) is 14.9. The molecule has 3 rings (SSSR count). The molecule has 0 aliphatic carbocycles. The molecular formula is C17H13ClN2OS. The van der Waals surface area contributed by atoms with Gasteiger partial charge < -0.3 is 0 Å². The lowest BCUT2D eigenvalue weighted by molar-refractivity contribution is 0.104. The number of carbonyl (C=O) groups excluding carboxylic acids is 1. The number of rotatable bonds is 4. The molecular weight excluding hydrogens is 316 g/mol. The van der Waals surface area contributed by atoms with E-state index in [0.717, 1.165) is 32.3 Å². The average Bonchev–Trinajstić information content (AvgIpc) is 2.88. The van der Waals surface area contributed by atoms with Gasteiger partial charge in [-0.2, -0.15) is 0 Å². The first-order valence-corrected chi connectivity index (χ1v) is 7.96. The predicted octanol–water partition coefficient (Wildman–Crippen LogP) is 4.32. The minimum absolute atomic E-state index is 0.0274. The molecule has 0 saturated heterocycles. The third-order valence-electron chi connectivity index (χ3n) is 3.27. The Balaban J connectivity index is 1.86. The van der Waals surface area contributed by atoms with Crippen molar-refractivity contribution in [2.24, 2.45) is 0 Å². The van der Waals surface area contributed by atoms with E-state index in [1.165, 1.54) is 17.7 Å². The number of hydrogen-bond acceptors (Lipinski definition) is 4. The Hall–Kier alpha value is -2.04. The van der Waals surface area contributed by atoms with Crippen molar-refractivity contribution in [3.63, 3.8) is 0 Å². The van der Waals surface area contributed by atoms with Crippen LogP contribution in [0.1, 0.15) is 31.2 Å². The lowest BCUT2D eigenvalue weighted by atomic mass is 10.1. The number of aromatic nitrogens is 2. The third kappa shape index (κ3) is 3.24. The van der Waals surface area contributed by atoms with Gasteiger partial charge in [-0.1, -0.05) is 23.7 Å². The molecule has 1 aromatic carbocycles. The van der Waals surface area contributed by atoms with Crippen molar-refractivity contribution < 1.29 is 4.79 Å². The number of aryl methyl sites for hydroxylation is 1. The van der Waals surface area contributed by atoms with Crippen LogP contribution in [0.3, 0.4) is 0 Å². The molecule has 0 saturated carbocycles. The van der Waals surface area contributed by atoms with Crippen molar-refractivity contribution in [2.75, 3.05) is 0 Å². The molecule has 0 atom stereocenters. The smallest absolute Gasteiger partial charge is 0.206 e.